The molecule has 0 radical (unpaired) electrons. The number of carbonyl (C=O) groups is 1. The first-order valence-electron chi connectivity index (χ1n) is 7.41. The summed E-state index contributed by atoms with van der Waals surface area (Å²) in [5.41, 5.74) is 2.21. The summed E-state index contributed by atoms with van der Waals surface area (Å²) in [7, 11) is 1.46. The third-order valence-electron chi connectivity index (χ3n) is 3.96. The van der Waals surface area contributed by atoms with E-state index in [-0.39, 0.29) is 17.9 Å². The lowest BCUT2D eigenvalue weighted by atomic mass is 9.97. The van der Waals surface area contributed by atoms with Crippen LogP contribution < -0.4 is 0 Å². The smallest absolute Gasteiger partial charge is 0.314 e. The van der Waals surface area contributed by atoms with Gasteiger partial charge in [0.05, 0.1) is 19.1 Å². The van der Waals surface area contributed by atoms with Crippen molar-refractivity contribution in [3.63, 3.8) is 0 Å². The highest BCUT2D eigenvalue weighted by Gasteiger charge is 2.27. The molecule has 2 atom stereocenters. The Kier molecular flexibility index (Phi) is 5.33. The van der Waals surface area contributed by atoms with E-state index >= 15 is 0 Å². The van der Waals surface area contributed by atoms with Crippen LogP contribution in [0.5, 0.6) is 0 Å². The van der Waals surface area contributed by atoms with Gasteiger partial charge < -0.3 is 4.74 Å². The highest BCUT2D eigenvalue weighted by atomic mass is 16.5. The molecule has 3 nitrogen and oxygen atoms in total. The molecule has 2 rings (SSSR count). The second kappa shape index (κ2) is 7.22. The standard InChI is InChI=1S/C17H23NO2/c1-13(14-9-5-3-6-10-14)18-16-12-8-4-7-11-15(16)17(19)20-2/h3,5-6,9-10,13,15H,4,7-8,11-12H2,1-2H3/t13-,15?/m1/s1. The molecule has 0 aromatic heterocycles. The third-order valence-corrected chi connectivity index (χ3v) is 3.96. The van der Waals surface area contributed by atoms with E-state index in [2.05, 4.69) is 19.1 Å². The van der Waals surface area contributed by atoms with Gasteiger partial charge in [-0.15, -0.1) is 0 Å². The molecule has 20 heavy (non-hydrogen) atoms. The number of rotatable bonds is 3. The van der Waals surface area contributed by atoms with Crippen molar-refractivity contribution in [1.82, 2.24) is 0 Å². The lowest BCUT2D eigenvalue weighted by Crippen LogP contribution is -2.24. The predicted molar refractivity (Wildman–Crippen MR) is 80.9 cm³/mol. The van der Waals surface area contributed by atoms with E-state index in [1.54, 1.807) is 0 Å². The van der Waals surface area contributed by atoms with E-state index < -0.39 is 0 Å². The van der Waals surface area contributed by atoms with Gasteiger partial charge in [0.1, 0.15) is 0 Å². The number of hydrogen-bond acceptors (Lipinski definition) is 3. The van der Waals surface area contributed by atoms with Crippen molar-refractivity contribution in [2.75, 3.05) is 7.11 Å². The van der Waals surface area contributed by atoms with Crippen LogP contribution in [0.3, 0.4) is 0 Å². The van der Waals surface area contributed by atoms with Crippen LogP contribution in [0.2, 0.25) is 0 Å². The van der Waals surface area contributed by atoms with Crippen LogP contribution in [0.25, 0.3) is 0 Å². The quantitative estimate of drug-likeness (QED) is 0.618. The number of carbonyl (C=O) groups excluding carboxylic acids is 1. The number of aliphatic imine (C=N–C) groups is 1. The van der Waals surface area contributed by atoms with E-state index in [0.29, 0.717) is 0 Å². The van der Waals surface area contributed by atoms with Crippen molar-refractivity contribution >= 4 is 11.7 Å². The monoisotopic (exact) mass is 273 g/mol. The molecular formula is C17H23NO2. The minimum atomic E-state index is -0.145. The van der Waals surface area contributed by atoms with Crippen LogP contribution in [0.1, 0.15) is 50.6 Å². The zero-order valence-corrected chi connectivity index (χ0v) is 12.3. The molecule has 0 heterocycles. The van der Waals surface area contributed by atoms with E-state index in [0.717, 1.165) is 31.4 Å². The van der Waals surface area contributed by atoms with Crippen LogP contribution >= 0.6 is 0 Å². The van der Waals surface area contributed by atoms with Gasteiger partial charge in [-0.3, -0.25) is 9.79 Å². The maximum Gasteiger partial charge on any atom is 0.314 e. The second-order valence-electron chi connectivity index (χ2n) is 5.38. The van der Waals surface area contributed by atoms with Crippen molar-refractivity contribution < 1.29 is 9.53 Å². The number of nitrogens with zero attached hydrogens (tertiary/aromatic N) is 1. The molecule has 0 aliphatic heterocycles. The Labute approximate surface area is 121 Å². The second-order valence-corrected chi connectivity index (χ2v) is 5.38. The van der Waals surface area contributed by atoms with Gasteiger partial charge in [-0.2, -0.15) is 0 Å². The molecule has 1 aliphatic carbocycles. The summed E-state index contributed by atoms with van der Waals surface area (Å²) in [5, 5.41) is 0. The molecule has 1 saturated carbocycles. The number of methoxy groups -OCH3 is 1. The van der Waals surface area contributed by atoms with Crippen molar-refractivity contribution in [2.45, 2.75) is 45.1 Å². The predicted octanol–water partition coefficient (Wildman–Crippen LogP) is 3.94. The Bertz CT molecular complexity index is 467. The molecule has 1 aliphatic rings. The number of esters is 1. The van der Waals surface area contributed by atoms with E-state index in [1.807, 2.05) is 18.2 Å². The highest BCUT2D eigenvalue weighted by molar-refractivity contribution is 6.02. The lowest BCUT2D eigenvalue weighted by Gasteiger charge is -2.17. The largest absolute Gasteiger partial charge is 0.469 e. The maximum atomic E-state index is 11.9. The Balaban J connectivity index is 2.21. The van der Waals surface area contributed by atoms with E-state index in [4.69, 9.17) is 9.73 Å². The van der Waals surface area contributed by atoms with Crippen LogP contribution in [-0.2, 0) is 9.53 Å². The Hall–Kier alpha value is -1.64. The molecule has 0 spiro atoms. The molecule has 0 saturated heterocycles. The summed E-state index contributed by atoms with van der Waals surface area (Å²) in [5.74, 6) is -0.278. The molecule has 1 aromatic rings. The Morgan fingerprint density at radius 2 is 2.00 bits per heavy atom. The first-order chi connectivity index (χ1) is 9.72. The van der Waals surface area contributed by atoms with Gasteiger partial charge >= 0.3 is 5.97 Å². The van der Waals surface area contributed by atoms with Gasteiger partial charge in [-0.1, -0.05) is 43.2 Å². The first kappa shape index (κ1) is 14.8. The molecule has 1 fully saturated rings. The van der Waals surface area contributed by atoms with E-state index in [1.165, 1.54) is 19.1 Å². The SMILES string of the molecule is COC(=O)C1CCCCCC1=N[C@H](C)c1ccccc1. The zero-order chi connectivity index (χ0) is 14.4. The summed E-state index contributed by atoms with van der Waals surface area (Å²) >= 11 is 0. The average molecular weight is 273 g/mol. The zero-order valence-electron chi connectivity index (χ0n) is 12.3. The molecule has 3 heteroatoms. The highest BCUT2D eigenvalue weighted by Crippen LogP contribution is 2.25. The van der Waals surface area contributed by atoms with Crippen molar-refractivity contribution in [3.05, 3.63) is 35.9 Å². The normalized spacial score (nSPS) is 23.1. The minimum absolute atomic E-state index is 0.0939. The summed E-state index contributed by atoms with van der Waals surface area (Å²) in [4.78, 5) is 16.8. The van der Waals surface area contributed by atoms with Crippen LogP contribution in [0, 0.1) is 5.92 Å². The van der Waals surface area contributed by atoms with Gasteiger partial charge in [0.2, 0.25) is 0 Å². The maximum absolute atomic E-state index is 11.9. The summed E-state index contributed by atoms with van der Waals surface area (Å²) in [6, 6.07) is 10.3. The fraction of sp³-hybridized carbons (Fsp3) is 0.529. The Morgan fingerprint density at radius 1 is 1.25 bits per heavy atom. The summed E-state index contributed by atoms with van der Waals surface area (Å²) in [6.45, 7) is 2.08. The first-order valence-corrected chi connectivity index (χ1v) is 7.41. The fourth-order valence-corrected chi connectivity index (χ4v) is 2.78. The van der Waals surface area contributed by atoms with Crippen molar-refractivity contribution in [3.8, 4) is 0 Å². The molecule has 108 valence electrons. The third kappa shape index (κ3) is 3.69. The molecule has 0 amide bonds. The Morgan fingerprint density at radius 3 is 2.70 bits per heavy atom. The van der Waals surface area contributed by atoms with Gasteiger partial charge in [0.15, 0.2) is 0 Å². The van der Waals surface area contributed by atoms with Gasteiger partial charge in [-0.25, -0.2) is 0 Å². The van der Waals surface area contributed by atoms with Crippen LogP contribution in [-0.4, -0.2) is 18.8 Å². The average Bonchev–Trinajstić information content (AvgIpc) is 2.73. The number of benzene rings is 1. The molecule has 1 unspecified atom stereocenters. The minimum Gasteiger partial charge on any atom is -0.469 e. The van der Waals surface area contributed by atoms with Crippen LogP contribution in [0.15, 0.2) is 35.3 Å². The number of ether oxygens (including phenoxy) is 1. The van der Waals surface area contributed by atoms with E-state index in [9.17, 15) is 4.79 Å². The number of hydrogen-bond donors (Lipinski definition) is 0. The molecular weight excluding hydrogens is 250 g/mol. The molecule has 0 N–H and O–H groups in total. The van der Waals surface area contributed by atoms with Crippen LogP contribution in [0.4, 0.5) is 0 Å². The summed E-state index contributed by atoms with van der Waals surface area (Å²) < 4.78 is 4.94. The topological polar surface area (TPSA) is 38.7 Å². The van der Waals surface area contributed by atoms with Gasteiger partial charge in [-0.05, 0) is 31.7 Å². The molecule has 0 bridgehead atoms. The lowest BCUT2D eigenvalue weighted by molar-refractivity contribution is -0.143. The summed E-state index contributed by atoms with van der Waals surface area (Å²) in [6.07, 6.45) is 5.16. The van der Waals surface area contributed by atoms with Crippen molar-refractivity contribution in [1.29, 1.82) is 0 Å². The van der Waals surface area contributed by atoms with Gasteiger partial charge in [0, 0.05) is 5.71 Å². The fourth-order valence-electron chi connectivity index (χ4n) is 2.78. The molecule has 1 aromatic carbocycles. The van der Waals surface area contributed by atoms with Crippen molar-refractivity contribution in [2.24, 2.45) is 10.9 Å². The van der Waals surface area contributed by atoms with Gasteiger partial charge in [0.25, 0.3) is 0 Å².